The van der Waals surface area contributed by atoms with Crippen LogP contribution in [0.3, 0.4) is 0 Å². The van der Waals surface area contributed by atoms with Crippen molar-refractivity contribution in [1.29, 1.82) is 0 Å². The third kappa shape index (κ3) is 3.09. The average molecular weight is 337 g/mol. The Bertz CT molecular complexity index is 1040. The van der Waals surface area contributed by atoms with Gasteiger partial charge in [0.15, 0.2) is 0 Å². The summed E-state index contributed by atoms with van der Waals surface area (Å²) in [7, 11) is 0. The Morgan fingerprint density at radius 1 is 1.20 bits per heavy atom. The van der Waals surface area contributed by atoms with Crippen LogP contribution in [-0.2, 0) is 6.54 Å². The van der Waals surface area contributed by atoms with Gasteiger partial charge >= 0.3 is 0 Å². The third-order valence-electron chi connectivity index (χ3n) is 3.64. The van der Waals surface area contributed by atoms with E-state index in [9.17, 15) is 9.18 Å². The van der Waals surface area contributed by atoms with Crippen molar-refractivity contribution >= 4 is 11.6 Å². The van der Waals surface area contributed by atoms with E-state index < -0.39 is 5.91 Å². The van der Waals surface area contributed by atoms with Crippen molar-refractivity contribution < 1.29 is 13.7 Å². The van der Waals surface area contributed by atoms with Crippen LogP contribution in [0.2, 0.25) is 0 Å². The highest BCUT2D eigenvalue weighted by Crippen LogP contribution is 2.18. The number of carbonyl (C=O) groups is 1. The van der Waals surface area contributed by atoms with Crippen LogP contribution in [0.25, 0.3) is 17.1 Å². The molecule has 0 unspecified atom stereocenters. The van der Waals surface area contributed by atoms with Crippen molar-refractivity contribution in [1.82, 2.24) is 24.8 Å². The molecule has 1 amide bonds. The maximum Gasteiger partial charge on any atom is 0.292 e. The van der Waals surface area contributed by atoms with Crippen molar-refractivity contribution in [2.24, 2.45) is 0 Å². The van der Waals surface area contributed by atoms with Gasteiger partial charge in [-0.3, -0.25) is 4.79 Å². The molecule has 0 aliphatic rings. The first-order chi connectivity index (χ1) is 12.2. The van der Waals surface area contributed by atoms with Crippen molar-refractivity contribution in [2.75, 3.05) is 0 Å². The molecule has 1 aromatic carbocycles. The number of rotatable bonds is 4. The van der Waals surface area contributed by atoms with Crippen LogP contribution < -0.4 is 5.32 Å². The van der Waals surface area contributed by atoms with E-state index in [2.05, 4.69) is 20.4 Å². The number of benzene rings is 1. The number of imidazole rings is 1. The number of amides is 1. The summed E-state index contributed by atoms with van der Waals surface area (Å²) in [6, 6.07) is 9.43. The number of fused-ring (bicyclic) bond motifs is 1. The third-order valence-corrected chi connectivity index (χ3v) is 3.64. The summed E-state index contributed by atoms with van der Waals surface area (Å²) in [5.41, 5.74) is 2.17. The van der Waals surface area contributed by atoms with Gasteiger partial charge in [-0.05, 0) is 29.8 Å². The van der Waals surface area contributed by atoms with Crippen LogP contribution in [-0.4, -0.2) is 25.4 Å². The minimum absolute atomic E-state index is 0.0691. The fourth-order valence-corrected chi connectivity index (χ4v) is 2.34. The molecule has 0 atom stereocenters. The quantitative estimate of drug-likeness (QED) is 0.618. The molecule has 124 valence electrons. The highest BCUT2D eigenvalue weighted by atomic mass is 19.1. The summed E-state index contributed by atoms with van der Waals surface area (Å²) in [6.07, 6.45) is 5.32. The van der Waals surface area contributed by atoms with Gasteiger partial charge in [0.05, 0.1) is 0 Å². The van der Waals surface area contributed by atoms with E-state index in [0.717, 1.165) is 11.2 Å². The number of hydrogen-bond donors (Lipinski definition) is 1. The number of hydrogen-bond acceptors (Lipinski definition) is 5. The molecule has 4 rings (SSSR count). The molecule has 8 heteroatoms. The number of nitrogens with zero attached hydrogens (tertiary/aromatic N) is 4. The maximum absolute atomic E-state index is 12.9. The monoisotopic (exact) mass is 337 g/mol. The van der Waals surface area contributed by atoms with Crippen LogP contribution in [0.1, 0.15) is 16.2 Å². The van der Waals surface area contributed by atoms with Crippen molar-refractivity contribution in [3.8, 4) is 11.5 Å². The second kappa shape index (κ2) is 6.16. The Kier molecular flexibility index (Phi) is 3.70. The Balaban J connectivity index is 1.48. The average Bonchev–Trinajstić information content (AvgIpc) is 3.29. The van der Waals surface area contributed by atoms with E-state index in [1.165, 1.54) is 12.1 Å². The fraction of sp³-hybridized carbons (Fsp3) is 0.0588. The molecule has 7 nitrogen and oxygen atoms in total. The minimum atomic E-state index is -0.471. The molecular weight excluding hydrogens is 325 g/mol. The molecule has 4 aromatic rings. The molecular formula is C17H12FN5O2. The van der Waals surface area contributed by atoms with Crippen LogP contribution in [0.15, 0.2) is 59.5 Å². The lowest BCUT2D eigenvalue weighted by Crippen LogP contribution is -2.23. The zero-order valence-corrected chi connectivity index (χ0v) is 12.9. The molecule has 3 heterocycles. The van der Waals surface area contributed by atoms with E-state index in [1.54, 1.807) is 30.5 Å². The van der Waals surface area contributed by atoms with E-state index in [0.29, 0.717) is 5.56 Å². The van der Waals surface area contributed by atoms with Crippen molar-refractivity contribution in [3.05, 3.63) is 72.2 Å². The second-order valence-electron chi connectivity index (χ2n) is 5.34. The van der Waals surface area contributed by atoms with Gasteiger partial charge in [0, 0.05) is 30.7 Å². The van der Waals surface area contributed by atoms with Crippen molar-refractivity contribution in [2.45, 2.75) is 6.54 Å². The molecule has 0 bridgehead atoms. The van der Waals surface area contributed by atoms with Crippen LogP contribution in [0, 0.1) is 5.82 Å². The number of pyridine rings is 1. The number of carbonyl (C=O) groups excluding carboxylic acids is 1. The maximum atomic E-state index is 12.9. The number of nitrogens with one attached hydrogen (secondary N) is 1. The van der Waals surface area contributed by atoms with Crippen molar-refractivity contribution in [3.63, 3.8) is 0 Å². The second-order valence-corrected chi connectivity index (χ2v) is 5.34. The predicted octanol–water partition coefficient (Wildman–Crippen LogP) is 2.45. The normalized spacial score (nSPS) is 10.9. The van der Waals surface area contributed by atoms with E-state index in [4.69, 9.17) is 4.52 Å². The van der Waals surface area contributed by atoms with Gasteiger partial charge in [-0.2, -0.15) is 4.98 Å². The van der Waals surface area contributed by atoms with Gasteiger partial charge < -0.3 is 14.2 Å². The molecule has 1 N–H and O–H groups in total. The van der Waals surface area contributed by atoms with Gasteiger partial charge in [0.2, 0.25) is 0 Å². The SMILES string of the molecule is O=C(NCc1ccc(F)cc1)c1noc(-c2ccn3ccnc3c2)n1. The zero-order chi connectivity index (χ0) is 17.2. The zero-order valence-electron chi connectivity index (χ0n) is 12.9. The summed E-state index contributed by atoms with van der Waals surface area (Å²) in [4.78, 5) is 20.4. The lowest BCUT2D eigenvalue weighted by molar-refractivity contribution is 0.0937. The Morgan fingerprint density at radius 3 is 2.88 bits per heavy atom. The van der Waals surface area contributed by atoms with Gasteiger partial charge in [-0.25, -0.2) is 9.37 Å². The lowest BCUT2D eigenvalue weighted by Gasteiger charge is -2.02. The Hall–Kier alpha value is -3.55. The first-order valence-corrected chi connectivity index (χ1v) is 7.48. The molecule has 0 aliphatic carbocycles. The summed E-state index contributed by atoms with van der Waals surface area (Å²) < 4.78 is 19.9. The standard InChI is InChI=1S/C17H12FN5O2/c18-13-3-1-11(2-4-13)10-20-16(24)15-21-17(25-22-15)12-5-7-23-8-6-19-14(23)9-12/h1-9H,10H2,(H,20,24). The topological polar surface area (TPSA) is 85.3 Å². The smallest absolute Gasteiger partial charge is 0.292 e. The number of aromatic nitrogens is 4. The molecule has 0 aliphatic heterocycles. The minimum Gasteiger partial charge on any atom is -0.345 e. The van der Waals surface area contributed by atoms with Gasteiger partial charge in [-0.1, -0.05) is 17.3 Å². The van der Waals surface area contributed by atoms with Crippen LogP contribution in [0.5, 0.6) is 0 Å². The van der Waals surface area contributed by atoms with E-state index in [1.807, 2.05) is 16.8 Å². The summed E-state index contributed by atoms with van der Waals surface area (Å²) in [5.74, 6) is -0.633. The highest BCUT2D eigenvalue weighted by Gasteiger charge is 2.16. The lowest BCUT2D eigenvalue weighted by atomic mass is 10.2. The van der Waals surface area contributed by atoms with E-state index >= 15 is 0 Å². The summed E-state index contributed by atoms with van der Waals surface area (Å²) in [6.45, 7) is 0.239. The highest BCUT2D eigenvalue weighted by molar-refractivity contribution is 5.90. The molecule has 0 fully saturated rings. The molecule has 3 aromatic heterocycles. The molecule has 25 heavy (non-hydrogen) atoms. The van der Waals surface area contributed by atoms with E-state index in [-0.39, 0.29) is 24.1 Å². The predicted molar refractivity (Wildman–Crippen MR) is 86.1 cm³/mol. The Morgan fingerprint density at radius 2 is 2.04 bits per heavy atom. The summed E-state index contributed by atoms with van der Waals surface area (Å²) >= 11 is 0. The van der Waals surface area contributed by atoms with Crippen LogP contribution in [0.4, 0.5) is 4.39 Å². The summed E-state index contributed by atoms with van der Waals surface area (Å²) in [5, 5.41) is 6.36. The Labute approximate surface area is 141 Å². The largest absolute Gasteiger partial charge is 0.345 e. The molecule has 0 radical (unpaired) electrons. The molecule has 0 saturated carbocycles. The first kappa shape index (κ1) is 15.0. The van der Waals surface area contributed by atoms with Gasteiger partial charge in [0.1, 0.15) is 11.5 Å². The number of halogens is 1. The van der Waals surface area contributed by atoms with Gasteiger partial charge in [0.25, 0.3) is 17.6 Å². The first-order valence-electron chi connectivity index (χ1n) is 7.48. The molecule has 0 spiro atoms. The fourth-order valence-electron chi connectivity index (χ4n) is 2.34. The van der Waals surface area contributed by atoms with Crippen LogP contribution >= 0.6 is 0 Å². The molecule has 0 saturated heterocycles. The van der Waals surface area contributed by atoms with Gasteiger partial charge in [-0.15, -0.1) is 0 Å².